The Morgan fingerprint density at radius 3 is 1.15 bits per heavy atom. The average molecular weight is 1020 g/mol. The molecule has 0 bridgehead atoms. The van der Waals surface area contributed by atoms with Crippen molar-refractivity contribution < 1.29 is 36.5 Å². The van der Waals surface area contributed by atoms with Crippen LogP contribution in [0.5, 0.6) is 0 Å². The summed E-state index contributed by atoms with van der Waals surface area (Å²) in [5, 5.41) is 5.71. The maximum atomic E-state index is 10.7. The molecule has 4 fully saturated rings. The summed E-state index contributed by atoms with van der Waals surface area (Å²) >= 11 is 1.36. The van der Waals surface area contributed by atoms with Crippen molar-refractivity contribution in [1.29, 1.82) is 0 Å². The topological polar surface area (TPSA) is 0 Å². The molecule has 0 aliphatic heterocycles. The van der Waals surface area contributed by atoms with Crippen molar-refractivity contribution in [2.24, 2.45) is 11.8 Å². The Balaban J connectivity index is 0.000000236. The quantitative estimate of drug-likeness (QED) is 0.105. The standard InChI is InChI=1S/2C27H31.C3H4F3.CH3.2ClH.Si.Zr/c2*1-2-9-22(10-3-1)23-13-15-24(16-14-23)26-12-6-11-25-18-21(19-27(25)26)17-20-7-4-5-8-20;1-2-3(4,5)6;;;;;/h2*6,11-16,18-20,22H,1-5,7-10,17H2;1-2H2;1H3;2*1H;;/q4*-1;;;;. The summed E-state index contributed by atoms with van der Waals surface area (Å²) in [6, 6.07) is 42.5. The van der Waals surface area contributed by atoms with Gasteiger partial charge in [0.25, 0.3) is 0 Å². The molecule has 0 heterocycles. The van der Waals surface area contributed by atoms with Crippen LogP contribution in [0.4, 0.5) is 13.2 Å². The van der Waals surface area contributed by atoms with Crippen molar-refractivity contribution in [2.45, 2.75) is 153 Å². The number of alkyl halides is 3. The third-order valence-electron chi connectivity index (χ3n) is 14.5. The zero-order valence-corrected chi connectivity index (χ0v) is 43.8. The largest absolute Gasteiger partial charge is 0.164 e. The number of halogens is 5. The second-order valence-electron chi connectivity index (χ2n) is 18.8. The molecule has 6 aromatic carbocycles. The first-order chi connectivity index (χ1) is 30.3. The molecule has 0 spiro atoms. The number of fused-ring (bicyclic) bond motifs is 2. The Hall–Kier alpha value is -2.43. The van der Waals surface area contributed by atoms with E-state index in [0.29, 0.717) is 0 Å². The van der Waals surface area contributed by atoms with Crippen molar-refractivity contribution in [3.05, 3.63) is 146 Å². The molecule has 0 unspecified atom stereocenters. The van der Waals surface area contributed by atoms with E-state index in [9.17, 15) is 13.2 Å². The van der Waals surface area contributed by atoms with Gasteiger partial charge in [-0.05, 0) is 84.5 Å². The zero-order chi connectivity index (χ0) is 43.3. The second-order valence-corrected chi connectivity index (χ2v) is 18.8. The van der Waals surface area contributed by atoms with Gasteiger partial charge in [0, 0.05) is 0 Å². The Bertz CT molecular complexity index is 2100. The number of hydrogen-bond acceptors (Lipinski definition) is 0. The minimum atomic E-state index is -4.07. The molecule has 7 heteroatoms. The van der Waals surface area contributed by atoms with Gasteiger partial charge >= 0.3 is 36.4 Å². The van der Waals surface area contributed by atoms with Gasteiger partial charge in [0.2, 0.25) is 0 Å². The SMILES string of the molecule is Cl.Cl.[CH2-]CC(F)(F)F.[CH3-].[Si]=[Zr].c1cc(-c2ccc(C3CCCCC3)cc2)c2cc(CC3CCCC3)[cH-]c2c1.c1cc(-c2ccc(C3CCCCC3)cc2)c2cc(CC3CCCC3)[cH-]c2c1. The molecule has 2 radical (unpaired) electrons. The van der Waals surface area contributed by atoms with Crippen LogP contribution >= 0.6 is 24.8 Å². The molecule has 4 saturated carbocycles. The van der Waals surface area contributed by atoms with Crippen LogP contribution < -0.4 is 0 Å². The molecule has 0 atom stereocenters. The molecule has 65 heavy (non-hydrogen) atoms. The van der Waals surface area contributed by atoms with Crippen LogP contribution in [-0.2, 0) is 36.2 Å². The third kappa shape index (κ3) is 15.5. The summed E-state index contributed by atoms with van der Waals surface area (Å²) in [6.45, 7) is 5.69. The fraction of sp³-hybridized carbons (Fsp3) is 0.448. The molecule has 6 aromatic rings. The van der Waals surface area contributed by atoms with E-state index in [1.54, 1.807) is 22.3 Å². The van der Waals surface area contributed by atoms with Crippen molar-refractivity contribution in [2.75, 3.05) is 0 Å². The van der Waals surface area contributed by atoms with E-state index in [0.717, 1.165) is 23.7 Å². The predicted octanol–water partition coefficient (Wildman–Crippen LogP) is 18.7. The van der Waals surface area contributed by atoms with Gasteiger partial charge in [-0.15, -0.1) is 93.9 Å². The predicted molar refractivity (Wildman–Crippen MR) is 276 cm³/mol. The fourth-order valence-corrected chi connectivity index (χ4v) is 11.2. The second kappa shape index (κ2) is 27.5. The summed E-state index contributed by atoms with van der Waals surface area (Å²) < 4.78 is 32.2. The third-order valence-corrected chi connectivity index (χ3v) is 14.5. The first-order valence-corrected chi connectivity index (χ1v) is 28.2. The number of hydrogen-bond donors (Lipinski definition) is 0. The fourth-order valence-electron chi connectivity index (χ4n) is 11.2. The number of benzene rings is 4. The van der Waals surface area contributed by atoms with Crippen molar-refractivity contribution in [3.8, 4) is 22.3 Å². The summed E-state index contributed by atoms with van der Waals surface area (Å²) in [4.78, 5) is 0. The van der Waals surface area contributed by atoms with E-state index in [1.807, 2.05) is 0 Å². The van der Waals surface area contributed by atoms with Crippen LogP contribution in [0.1, 0.15) is 156 Å². The van der Waals surface area contributed by atoms with Gasteiger partial charge in [-0.3, -0.25) is 0 Å². The molecule has 0 nitrogen and oxygen atoms in total. The molecule has 0 N–H and O–H groups in total. The molecule has 0 saturated heterocycles. The van der Waals surface area contributed by atoms with Crippen LogP contribution in [0, 0.1) is 26.2 Å². The Kier molecular flexibility index (Phi) is 23.4. The summed E-state index contributed by atoms with van der Waals surface area (Å²) in [5.74, 6) is 3.42. The summed E-state index contributed by atoms with van der Waals surface area (Å²) in [7, 11) is 0. The molecular formula is C58H71Cl2F3SiZr-4. The monoisotopic (exact) mass is 1010 g/mol. The summed E-state index contributed by atoms with van der Waals surface area (Å²) in [6.07, 6.45) is 22.9. The molecule has 350 valence electrons. The minimum absolute atomic E-state index is 0. The van der Waals surface area contributed by atoms with Gasteiger partial charge < -0.3 is 14.4 Å². The van der Waals surface area contributed by atoms with E-state index < -0.39 is 12.6 Å². The van der Waals surface area contributed by atoms with Gasteiger partial charge in [-0.25, -0.2) is 0 Å². The zero-order valence-electron chi connectivity index (χ0n) is 38.7. The molecule has 4 aliphatic carbocycles. The minimum Gasteiger partial charge on any atom is -0.164 e. The van der Waals surface area contributed by atoms with Gasteiger partial charge in [-0.2, -0.15) is 25.3 Å². The van der Waals surface area contributed by atoms with E-state index in [2.05, 4.69) is 123 Å². The van der Waals surface area contributed by atoms with Gasteiger partial charge in [0.05, 0.1) is 0 Å². The van der Waals surface area contributed by atoms with Crippen molar-refractivity contribution in [1.82, 2.24) is 0 Å². The van der Waals surface area contributed by atoms with Crippen LogP contribution in [0.25, 0.3) is 43.8 Å². The van der Waals surface area contributed by atoms with Crippen LogP contribution in [0.2, 0.25) is 0 Å². The maximum absolute atomic E-state index is 10.7. The van der Waals surface area contributed by atoms with E-state index in [4.69, 9.17) is 0 Å². The number of rotatable bonds is 8. The van der Waals surface area contributed by atoms with Gasteiger partial charge in [-0.1, -0.05) is 168 Å². The van der Waals surface area contributed by atoms with Crippen molar-refractivity contribution >= 4 is 53.2 Å². The van der Waals surface area contributed by atoms with E-state index >= 15 is 0 Å². The van der Waals surface area contributed by atoms with Gasteiger partial charge in [0.15, 0.2) is 0 Å². The Morgan fingerprint density at radius 1 is 0.508 bits per heavy atom. The van der Waals surface area contributed by atoms with E-state index in [-0.39, 0.29) is 32.2 Å². The summed E-state index contributed by atoms with van der Waals surface area (Å²) in [5.41, 5.74) is 11.7. The van der Waals surface area contributed by atoms with Crippen LogP contribution in [-0.4, -0.2) is 13.1 Å². The molecule has 10 rings (SSSR count). The van der Waals surface area contributed by atoms with Crippen LogP contribution in [0.15, 0.2) is 109 Å². The molecule has 0 amide bonds. The average Bonchev–Trinajstić information content (AvgIpc) is 4.17. The Labute approximate surface area is 419 Å². The molecular weight excluding hydrogens is 944 g/mol. The first-order valence-electron chi connectivity index (χ1n) is 24.0. The van der Waals surface area contributed by atoms with E-state index in [1.165, 1.54) is 196 Å². The normalized spacial score (nSPS) is 17.0. The van der Waals surface area contributed by atoms with Crippen molar-refractivity contribution in [3.63, 3.8) is 0 Å². The Morgan fingerprint density at radius 2 is 0.831 bits per heavy atom. The molecule has 0 aromatic heterocycles. The van der Waals surface area contributed by atoms with Gasteiger partial charge in [0.1, 0.15) is 0 Å². The van der Waals surface area contributed by atoms with Crippen LogP contribution in [0.3, 0.4) is 0 Å². The smallest absolute Gasteiger partial charge is 0.0162 e. The maximum Gasteiger partial charge on any atom is -0.0162 e. The first kappa shape index (κ1) is 55.2. The molecule has 4 aliphatic rings.